The van der Waals surface area contributed by atoms with Crippen molar-refractivity contribution in [3.05, 3.63) is 120 Å². The molecule has 0 atom stereocenters. The standard InChI is InChI=1S/C27H23N3O3/c1-19-6-5-9-24(25(19)30-26(31)21-14-16-28-17-15-21)27(32)29-18-20-10-12-23(13-11-20)33-22-7-3-2-4-8-22/h2-17H,18H2,1H3,(H,29,32)(H,30,31). The third-order valence-electron chi connectivity index (χ3n) is 5.05. The highest BCUT2D eigenvalue weighted by atomic mass is 16.5. The molecule has 0 aliphatic carbocycles. The number of aromatic nitrogens is 1. The number of amides is 2. The van der Waals surface area contributed by atoms with Gasteiger partial charge in [-0.2, -0.15) is 0 Å². The Hall–Kier alpha value is -4.45. The van der Waals surface area contributed by atoms with Gasteiger partial charge in [0, 0.05) is 24.5 Å². The lowest BCUT2D eigenvalue weighted by atomic mass is 10.1. The molecule has 0 aliphatic heterocycles. The predicted octanol–water partition coefficient (Wildman–Crippen LogP) is 5.36. The maximum atomic E-state index is 12.9. The molecule has 3 aromatic carbocycles. The Morgan fingerprint density at radius 3 is 2.21 bits per heavy atom. The van der Waals surface area contributed by atoms with Crippen molar-refractivity contribution in [3.8, 4) is 11.5 Å². The van der Waals surface area contributed by atoms with E-state index >= 15 is 0 Å². The number of carbonyl (C=O) groups excluding carboxylic acids is 2. The number of para-hydroxylation sites is 2. The zero-order valence-corrected chi connectivity index (χ0v) is 18.1. The Morgan fingerprint density at radius 2 is 1.48 bits per heavy atom. The van der Waals surface area contributed by atoms with Crippen LogP contribution >= 0.6 is 0 Å². The Bertz CT molecular complexity index is 1240. The lowest BCUT2D eigenvalue weighted by Gasteiger charge is -2.14. The van der Waals surface area contributed by atoms with Crippen LogP contribution in [0.2, 0.25) is 0 Å². The van der Waals surface area contributed by atoms with Crippen LogP contribution in [0.25, 0.3) is 0 Å². The monoisotopic (exact) mass is 437 g/mol. The number of anilines is 1. The molecule has 0 unspecified atom stereocenters. The minimum absolute atomic E-state index is 0.270. The van der Waals surface area contributed by atoms with Gasteiger partial charge < -0.3 is 15.4 Å². The summed E-state index contributed by atoms with van der Waals surface area (Å²) in [7, 11) is 0. The van der Waals surface area contributed by atoms with Crippen LogP contribution in [0.15, 0.2) is 97.3 Å². The van der Waals surface area contributed by atoms with E-state index in [0.29, 0.717) is 23.4 Å². The number of aryl methyl sites for hydroxylation is 1. The van der Waals surface area contributed by atoms with Crippen LogP contribution in [0.3, 0.4) is 0 Å². The Kier molecular flexibility index (Phi) is 6.75. The van der Waals surface area contributed by atoms with Gasteiger partial charge in [-0.25, -0.2) is 0 Å². The number of pyridine rings is 1. The minimum Gasteiger partial charge on any atom is -0.457 e. The van der Waals surface area contributed by atoms with Gasteiger partial charge in [0.15, 0.2) is 0 Å². The van der Waals surface area contributed by atoms with Crippen molar-refractivity contribution in [2.75, 3.05) is 5.32 Å². The summed E-state index contributed by atoms with van der Waals surface area (Å²) in [6.07, 6.45) is 3.10. The van der Waals surface area contributed by atoms with Gasteiger partial charge >= 0.3 is 0 Å². The van der Waals surface area contributed by atoms with E-state index in [0.717, 1.165) is 22.6 Å². The molecule has 6 heteroatoms. The minimum atomic E-state index is -0.297. The van der Waals surface area contributed by atoms with Gasteiger partial charge in [0.1, 0.15) is 11.5 Å². The van der Waals surface area contributed by atoms with Crippen LogP contribution in [-0.4, -0.2) is 16.8 Å². The van der Waals surface area contributed by atoms with E-state index in [1.54, 1.807) is 36.7 Å². The van der Waals surface area contributed by atoms with E-state index < -0.39 is 0 Å². The van der Waals surface area contributed by atoms with Gasteiger partial charge in [0.05, 0.1) is 11.3 Å². The first-order chi connectivity index (χ1) is 16.1. The zero-order chi connectivity index (χ0) is 23.0. The predicted molar refractivity (Wildman–Crippen MR) is 127 cm³/mol. The first kappa shape index (κ1) is 21.8. The first-order valence-electron chi connectivity index (χ1n) is 10.5. The van der Waals surface area contributed by atoms with E-state index in [4.69, 9.17) is 4.74 Å². The third kappa shape index (κ3) is 5.62. The van der Waals surface area contributed by atoms with Gasteiger partial charge in [-0.15, -0.1) is 0 Å². The number of hydrogen-bond donors (Lipinski definition) is 2. The molecule has 0 saturated heterocycles. The largest absolute Gasteiger partial charge is 0.457 e. The van der Waals surface area contributed by atoms with Crippen molar-refractivity contribution in [2.24, 2.45) is 0 Å². The topological polar surface area (TPSA) is 80.3 Å². The van der Waals surface area contributed by atoms with Crippen molar-refractivity contribution in [1.29, 1.82) is 0 Å². The lowest BCUT2D eigenvalue weighted by molar-refractivity contribution is 0.0951. The second kappa shape index (κ2) is 10.2. The highest BCUT2D eigenvalue weighted by Crippen LogP contribution is 2.23. The summed E-state index contributed by atoms with van der Waals surface area (Å²) < 4.78 is 5.80. The summed E-state index contributed by atoms with van der Waals surface area (Å²) in [4.78, 5) is 29.4. The van der Waals surface area contributed by atoms with Crippen LogP contribution in [0, 0.1) is 6.92 Å². The average Bonchev–Trinajstić information content (AvgIpc) is 2.86. The van der Waals surface area contributed by atoms with Crippen molar-refractivity contribution in [3.63, 3.8) is 0 Å². The summed E-state index contributed by atoms with van der Waals surface area (Å²) in [6, 6.07) is 25.7. The van der Waals surface area contributed by atoms with Gasteiger partial charge in [0.2, 0.25) is 0 Å². The maximum absolute atomic E-state index is 12.9. The highest BCUT2D eigenvalue weighted by molar-refractivity contribution is 6.09. The second-order valence-corrected chi connectivity index (χ2v) is 7.43. The molecule has 0 spiro atoms. The molecule has 1 aromatic heterocycles. The molecular formula is C27H23N3O3. The normalized spacial score (nSPS) is 10.3. The molecule has 0 aliphatic rings. The fourth-order valence-corrected chi connectivity index (χ4v) is 3.29. The van der Waals surface area contributed by atoms with Gasteiger partial charge in [-0.1, -0.05) is 42.5 Å². The van der Waals surface area contributed by atoms with Crippen molar-refractivity contribution < 1.29 is 14.3 Å². The smallest absolute Gasteiger partial charge is 0.255 e. The lowest BCUT2D eigenvalue weighted by Crippen LogP contribution is -2.25. The van der Waals surface area contributed by atoms with E-state index in [2.05, 4.69) is 15.6 Å². The Labute approximate surface area is 192 Å². The number of ether oxygens (including phenoxy) is 1. The summed E-state index contributed by atoms with van der Waals surface area (Å²) in [5.74, 6) is 0.915. The first-order valence-corrected chi connectivity index (χ1v) is 10.5. The van der Waals surface area contributed by atoms with Crippen LogP contribution in [0.4, 0.5) is 5.69 Å². The zero-order valence-electron chi connectivity index (χ0n) is 18.1. The summed E-state index contributed by atoms with van der Waals surface area (Å²) in [5, 5.41) is 5.78. The fraction of sp³-hybridized carbons (Fsp3) is 0.0741. The van der Waals surface area contributed by atoms with E-state index in [1.807, 2.05) is 67.6 Å². The number of hydrogen-bond acceptors (Lipinski definition) is 4. The number of benzene rings is 3. The van der Waals surface area contributed by atoms with Crippen LogP contribution in [0.5, 0.6) is 11.5 Å². The molecule has 4 rings (SSSR count). The molecule has 2 amide bonds. The Balaban J connectivity index is 1.41. The maximum Gasteiger partial charge on any atom is 0.255 e. The molecule has 0 bridgehead atoms. The van der Waals surface area contributed by atoms with Gasteiger partial charge in [-0.3, -0.25) is 14.6 Å². The van der Waals surface area contributed by atoms with Crippen LogP contribution < -0.4 is 15.4 Å². The summed E-state index contributed by atoms with van der Waals surface area (Å²) in [5.41, 5.74) is 3.09. The summed E-state index contributed by atoms with van der Waals surface area (Å²) in [6.45, 7) is 2.19. The molecule has 2 N–H and O–H groups in total. The number of rotatable bonds is 7. The van der Waals surface area contributed by atoms with Crippen LogP contribution in [-0.2, 0) is 6.54 Å². The van der Waals surface area contributed by atoms with Crippen LogP contribution in [0.1, 0.15) is 31.8 Å². The Morgan fingerprint density at radius 1 is 0.788 bits per heavy atom. The number of carbonyl (C=O) groups is 2. The third-order valence-corrected chi connectivity index (χ3v) is 5.05. The van der Waals surface area contributed by atoms with E-state index in [-0.39, 0.29) is 11.8 Å². The molecule has 4 aromatic rings. The van der Waals surface area contributed by atoms with E-state index in [1.165, 1.54) is 0 Å². The second-order valence-electron chi connectivity index (χ2n) is 7.43. The van der Waals surface area contributed by atoms with Gasteiger partial charge in [-0.05, 0) is 60.5 Å². The molecule has 0 radical (unpaired) electrons. The summed E-state index contributed by atoms with van der Waals surface area (Å²) >= 11 is 0. The molecule has 0 fully saturated rings. The quantitative estimate of drug-likeness (QED) is 0.408. The number of nitrogens with one attached hydrogen (secondary N) is 2. The average molecular weight is 437 g/mol. The number of nitrogens with zero attached hydrogens (tertiary/aromatic N) is 1. The molecule has 164 valence electrons. The van der Waals surface area contributed by atoms with Crippen molar-refractivity contribution >= 4 is 17.5 Å². The van der Waals surface area contributed by atoms with Crippen molar-refractivity contribution in [1.82, 2.24) is 10.3 Å². The molecule has 0 saturated carbocycles. The van der Waals surface area contributed by atoms with E-state index in [9.17, 15) is 9.59 Å². The fourth-order valence-electron chi connectivity index (χ4n) is 3.29. The highest BCUT2D eigenvalue weighted by Gasteiger charge is 2.16. The molecule has 1 heterocycles. The molecular weight excluding hydrogens is 414 g/mol. The van der Waals surface area contributed by atoms with Crippen molar-refractivity contribution in [2.45, 2.75) is 13.5 Å². The SMILES string of the molecule is Cc1cccc(C(=O)NCc2ccc(Oc3ccccc3)cc2)c1NC(=O)c1ccncc1. The molecule has 6 nitrogen and oxygen atoms in total. The molecule has 33 heavy (non-hydrogen) atoms. The van der Waals surface area contributed by atoms with Gasteiger partial charge in [0.25, 0.3) is 11.8 Å².